The maximum atomic E-state index is 12.3. The Kier molecular flexibility index (Phi) is 32.5. The topological polar surface area (TPSA) is 69.6 Å². The van der Waals surface area contributed by atoms with Gasteiger partial charge >= 0.3 is 0 Å². The quantitative estimate of drug-likeness (QED) is 0.0558. The number of allylic oxidation sites excluding steroid dienone is 7. The zero-order chi connectivity index (χ0) is 30.8. The first-order valence-corrected chi connectivity index (χ1v) is 17.8. The maximum Gasteiger partial charge on any atom is 0.220 e. The lowest BCUT2D eigenvalue weighted by atomic mass is 10.0. The van der Waals surface area contributed by atoms with Crippen LogP contribution in [0.15, 0.2) is 48.6 Å². The van der Waals surface area contributed by atoms with E-state index in [0.29, 0.717) is 6.42 Å². The van der Waals surface area contributed by atoms with Gasteiger partial charge in [0, 0.05) is 6.42 Å². The molecule has 0 rings (SSSR count). The van der Waals surface area contributed by atoms with E-state index in [1.165, 1.54) is 109 Å². The van der Waals surface area contributed by atoms with Crippen molar-refractivity contribution in [3.63, 3.8) is 0 Å². The van der Waals surface area contributed by atoms with Crippen molar-refractivity contribution in [3.8, 4) is 0 Å². The first-order chi connectivity index (χ1) is 20.7. The highest BCUT2D eigenvalue weighted by Crippen LogP contribution is 2.13. The first-order valence-electron chi connectivity index (χ1n) is 17.8. The highest BCUT2D eigenvalue weighted by molar-refractivity contribution is 5.76. The molecule has 244 valence electrons. The lowest BCUT2D eigenvalue weighted by molar-refractivity contribution is -0.123. The van der Waals surface area contributed by atoms with Gasteiger partial charge in [-0.2, -0.15) is 0 Å². The molecule has 4 heteroatoms. The number of hydrogen-bond acceptors (Lipinski definition) is 3. The molecule has 2 atom stereocenters. The van der Waals surface area contributed by atoms with E-state index in [9.17, 15) is 15.0 Å². The third-order valence-electron chi connectivity index (χ3n) is 7.86. The molecule has 0 fully saturated rings. The molecule has 0 aliphatic carbocycles. The molecule has 0 heterocycles. The average molecular weight is 588 g/mol. The van der Waals surface area contributed by atoms with Crippen LogP contribution < -0.4 is 5.32 Å². The predicted molar refractivity (Wildman–Crippen MR) is 184 cm³/mol. The minimum atomic E-state index is -0.867. The molecule has 0 bridgehead atoms. The molecule has 0 saturated carbocycles. The molecule has 1 amide bonds. The number of carbonyl (C=O) groups is 1. The number of carbonyl (C=O) groups excluding carboxylic acids is 1. The highest BCUT2D eigenvalue weighted by Gasteiger charge is 2.17. The van der Waals surface area contributed by atoms with Gasteiger partial charge in [-0.25, -0.2) is 0 Å². The third kappa shape index (κ3) is 29.8. The van der Waals surface area contributed by atoms with Crippen molar-refractivity contribution in [2.75, 3.05) is 6.61 Å². The van der Waals surface area contributed by atoms with E-state index < -0.39 is 12.1 Å². The van der Waals surface area contributed by atoms with Gasteiger partial charge in [0.15, 0.2) is 0 Å². The van der Waals surface area contributed by atoms with Crippen LogP contribution in [0.2, 0.25) is 0 Å². The Morgan fingerprint density at radius 3 is 1.52 bits per heavy atom. The molecular formula is C38H69NO3. The third-order valence-corrected chi connectivity index (χ3v) is 7.86. The van der Waals surface area contributed by atoms with Crippen molar-refractivity contribution < 1.29 is 15.0 Å². The summed E-state index contributed by atoms with van der Waals surface area (Å²) in [7, 11) is 0. The van der Waals surface area contributed by atoms with E-state index in [-0.39, 0.29) is 12.5 Å². The number of amides is 1. The van der Waals surface area contributed by atoms with E-state index in [1.54, 1.807) is 6.08 Å². The van der Waals surface area contributed by atoms with Crippen molar-refractivity contribution in [2.45, 2.75) is 180 Å². The Balaban J connectivity index is 3.58. The second-order valence-corrected chi connectivity index (χ2v) is 11.9. The Labute approximate surface area is 261 Å². The van der Waals surface area contributed by atoms with Crippen LogP contribution in [0.1, 0.15) is 168 Å². The lowest BCUT2D eigenvalue weighted by Gasteiger charge is -2.19. The average Bonchev–Trinajstić information content (AvgIpc) is 2.99. The largest absolute Gasteiger partial charge is 0.394 e. The van der Waals surface area contributed by atoms with Crippen LogP contribution in [-0.2, 0) is 4.79 Å². The maximum absolute atomic E-state index is 12.3. The van der Waals surface area contributed by atoms with Crippen LogP contribution in [0.3, 0.4) is 0 Å². The number of aliphatic hydroxyl groups is 2. The molecule has 0 spiro atoms. The van der Waals surface area contributed by atoms with Crippen LogP contribution in [0.4, 0.5) is 0 Å². The summed E-state index contributed by atoms with van der Waals surface area (Å²) in [4.78, 5) is 12.3. The molecule has 0 aromatic carbocycles. The van der Waals surface area contributed by atoms with Crippen molar-refractivity contribution in [3.05, 3.63) is 48.6 Å². The fourth-order valence-corrected chi connectivity index (χ4v) is 5.09. The second kappa shape index (κ2) is 33.8. The normalized spacial score (nSPS) is 13.7. The van der Waals surface area contributed by atoms with E-state index in [1.807, 2.05) is 13.0 Å². The van der Waals surface area contributed by atoms with Gasteiger partial charge in [-0.15, -0.1) is 0 Å². The van der Waals surface area contributed by atoms with E-state index in [4.69, 9.17) is 0 Å². The van der Waals surface area contributed by atoms with Gasteiger partial charge in [0.1, 0.15) is 0 Å². The van der Waals surface area contributed by atoms with Gasteiger partial charge in [-0.05, 0) is 64.7 Å². The SMILES string of the molecule is C/C=C/CC/C=C/CC/C=C/C(O)C(CO)NC(=O)CCCCCCCCCCC/C=C\CCCCCCCCCC. The monoisotopic (exact) mass is 588 g/mol. The molecule has 0 aliphatic rings. The zero-order valence-electron chi connectivity index (χ0n) is 27.8. The van der Waals surface area contributed by atoms with Crippen molar-refractivity contribution in [2.24, 2.45) is 0 Å². The summed E-state index contributed by atoms with van der Waals surface area (Å²) in [5, 5.41) is 22.7. The van der Waals surface area contributed by atoms with E-state index in [2.05, 4.69) is 48.7 Å². The number of rotatable bonds is 31. The van der Waals surface area contributed by atoms with Gasteiger partial charge in [-0.1, -0.05) is 145 Å². The molecule has 3 N–H and O–H groups in total. The van der Waals surface area contributed by atoms with Gasteiger partial charge in [0.2, 0.25) is 5.91 Å². The Morgan fingerprint density at radius 2 is 1.02 bits per heavy atom. The summed E-state index contributed by atoms with van der Waals surface area (Å²) in [6.45, 7) is 4.05. The molecule has 0 aromatic heterocycles. The van der Waals surface area contributed by atoms with Crippen molar-refractivity contribution in [1.82, 2.24) is 5.32 Å². The molecule has 4 nitrogen and oxygen atoms in total. The summed E-state index contributed by atoms with van der Waals surface area (Å²) < 4.78 is 0. The van der Waals surface area contributed by atoms with Gasteiger partial charge in [0.05, 0.1) is 18.8 Å². The highest BCUT2D eigenvalue weighted by atomic mass is 16.3. The molecule has 42 heavy (non-hydrogen) atoms. The number of aliphatic hydroxyl groups excluding tert-OH is 2. The van der Waals surface area contributed by atoms with Gasteiger partial charge in [0.25, 0.3) is 0 Å². The molecule has 0 aliphatic heterocycles. The van der Waals surface area contributed by atoms with Crippen molar-refractivity contribution in [1.29, 1.82) is 0 Å². The van der Waals surface area contributed by atoms with Crippen LogP contribution in [-0.4, -0.2) is 34.9 Å². The summed E-state index contributed by atoms with van der Waals surface area (Å²) in [6.07, 6.45) is 45.0. The summed E-state index contributed by atoms with van der Waals surface area (Å²) in [5.41, 5.74) is 0. The minimum Gasteiger partial charge on any atom is -0.394 e. The van der Waals surface area contributed by atoms with Crippen LogP contribution in [0.5, 0.6) is 0 Å². The standard InChI is InChI=1S/C38H69NO3/c1-3-5-7-9-11-13-14-15-16-17-18-19-20-21-22-23-24-26-28-30-32-34-38(42)39-36(35-40)37(41)33-31-29-27-25-12-10-8-6-4-2/h4,6,12,17-18,25,31,33,36-37,40-41H,3,5,7-11,13-16,19-24,26-30,32,34-35H2,1-2H3,(H,39,42)/b6-4+,18-17-,25-12+,33-31+. The number of unbranched alkanes of at least 4 members (excludes halogenated alkanes) is 19. The molecule has 0 aromatic rings. The molecule has 0 radical (unpaired) electrons. The van der Waals surface area contributed by atoms with E-state index in [0.717, 1.165) is 38.5 Å². The summed E-state index contributed by atoms with van der Waals surface area (Å²) in [6, 6.07) is -0.643. The Bertz CT molecular complexity index is 682. The first kappa shape index (κ1) is 40.4. The lowest BCUT2D eigenvalue weighted by Crippen LogP contribution is -2.45. The van der Waals surface area contributed by atoms with E-state index >= 15 is 0 Å². The fraction of sp³-hybridized carbons (Fsp3) is 0.763. The van der Waals surface area contributed by atoms with Crippen LogP contribution in [0.25, 0.3) is 0 Å². The predicted octanol–water partition coefficient (Wildman–Crippen LogP) is 10.5. The minimum absolute atomic E-state index is 0.0857. The number of nitrogens with one attached hydrogen (secondary N) is 1. The second-order valence-electron chi connectivity index (χ2n) is 11.9. The zero-order valence-corrected chi connectivity index (χ0v) is 27.8. The van der Waals surface area contributed by atoms with Gasteiger partial charge in [-0.3, -0.25) is 4.79 Å². The van der Waals surface area contributed by atoms with Crippen LogP contribution >= 0.6 is 0 Å². The molecule has 2 unspecified atom stereocenters. The van der Waals surface area contributed by atoms with Gasteiger partial charge < -0.3 is 15.5 Å². The molecular weight excluding hydrogens is 518 g/mol. The summed E-state index contributed by atoms with van der Waals surface area (Å²) in [5.74, 6) is -0.0857. The Morgan fingerprint density at radius 1 is 0.595 bits per heavy atom. The van der Waals surface area contributed by atoms with Crippen LogP contribution in [0, 0.1) is 0 Å². The van der Waals surface area contributed by atoms with Crippen molar-refractivity contribution >= 4 is 5.91 Å². The fourth-order valence-electron chi connectivity index (χ4n) is 5.09. The summed E-state index contributed by atoms with van der Waals surface area (Å²) >= 11 is 0. The Hall–Kier alpha value is -1.65. The number of hydrogen-bond donors (Lipinski definition) is 3. The smallest absolute Gasteiger partial charge is 0.220 e. The molecule has 0 saturated heterocycles.